The first-order chi connectivity index (χ1) is 10.8. The lowest BCUT2D eigenvalue weighted by molar-refractivity contribution is -0.119. The van der Waals surface area contributed by atoms with Crippen molar-refractivity contribution in [2.45, 2.75) is 44.9 Å². The number of hydrogen-bond donors (Lipinski definition) is 1. The number of nitrogens with zero attached hydrogens (tertiary/aromatic N) is 1. The summed E-state index contributed by atoms with van der Waals surface area (Å²) in [6, 6.07) is 7.39. The smallest absolute Gasteiger partial charge is 0.255 e. The van der Waals surface area contributed by atoms with Gasteiger partial charge in [-0.2, -0.15) is 0 Å². The minimum Gasteiger partial charge on any atom is -0.339 e. The summed E-state index contributed by atoms with van der Waals surface area (Å²) < 4.78 is 0. The molecule has 1 aliphatic heterocycles. The van der Waals surface area contributed by atoms with Gasteiger partial charge in [0.25, 0.3) is 5.91 Å². The van der Waals surface area contributed by atoms with E-state index in [1.165, 1.54) is 6.42 Å². The molecular weight excluding hydrogens is 276 g/mol. The van der Waals surface area contributed by atoms with Crippen molar-refractivity contribution >= 4 is 17.5 Å². The summed E-state index contributed by atoms with van der Waals surface area (Å²) in [5.74, 6) is 0.219. The van der Waals surface area contributed by atoms with E-state index in [4.69, 9.17) is 0 Å². The normalized spacial score (nSPS) is 19.2. The fraction of sp³-hybridized carbons (Fsp3) is 0.556. The fourth-order valence-corrected chi connectivity index (χ4v) is 3.47. The van der Waals surface area contributed by atoms with Gasteiger partial charge in [0.1, 0.15) is 0 Å². The SMILES string of the molecule is O=C(Nc1ccccc1C(=O)N1CCCCC1)C1CCCC1. The van der Waals surface area contributed by atoms with Gasteiger partial charge in [-0.3, -0.25) is 9.59 Å². The van der Waals surface area contributed by atoms with Crippen LogP contribution in [0.4, 0.5) is 5.69 Å². The van der Waals surface area contributed by atoms with Crippen LogP contribution >= 0.6 is 0 Å². The number of amides is 2. The topological polar surface area (TPSA) is 49.4 Å². The van der Waals surface area contributed by atoms with Crippen molar-refractivity contribution in [2.75, 3.05) is 18.4 Å². The van der Waals surface area contributed by atoms with E-state index in [1.807, 2.05) is 29.2 Å². The average Bonchev–Trinajstić information content (AvgIpc) is 3.10. The summed E-state index contributed by atoms with van der Waals surface area (Å²) in [5, 5.41) is 2.99. The van der Waals surface area contributed by atoms with Crippen molar-refractivity contribution in [1.82, 2.24) is 4.90 Å². The highest BCUT2D eigenvalue weighted by atomic mass is 16.2. The van der Waals surface area contributed by atoms with Gasteiger partial charge in [0, 0.05) is 19.0 Å². The van der Waals surface area contributed by atoms with Crippen LogP contribution in [-0.2, 0) is 4.79 Å². The number of anilines is 1. The molecule has 118 valence electrons. The van der Waals surface area contributed by atoms with Gasteiger partial charge < -0.3 is 10.2 Å². The Morgan fingerprint density at radius 1 is 0.955 bits per heavy atom. The highest BCUT2D eigenvalue weighted by Gasteiger charge is 2.25. The van der Waals surface area contributed by atoms with E-state index in [-0.39, 0.29) is 17.7 Å². The summed E-state index contributed by atoms with van der Waals surface area (Å²) in [6.45, 7) is 1.65. The van der Waals surface area contributed by atoms with E-state index in [0.29, 0.717) is 11.3 Å². The van der Waals surface area contributed by atoms with Gasteiger partial charge in [-0.15, -0.1) is 0 Å². The lowest BCUT2D eigenvalue weighted by Gasteiger charge is -2.27. The Balaban J connectivity index is 1.74. The molecule has 2 aliphatic rings. The molecule has 1 aliphatic carbocycles. The van der Waals surface area contributed by atoms with E-state index in [1.54, 1.807) is 0 Å². The van der Waals surface area contributed by atoms with Crippen LogP contribution in [0.1, 0.15) is 55.3 Å². The third-order valence-electron chi connectivity index (χ3n) is 4.78. The second kappa shape index (κ2) is 6.95. The maximum atomic E-state index is 12.7. The monoisotopic (exact) mass is 300 g/mol. The number of para-hydroxylation sites is 1. The number of rotatable bonds is 3. The van der Waals surface area contributed by atoms with E-state index >= 15 is 0 Å². The van der Waals surface area contributed by atoms with Crippen molar-refractivity contribution < 1.29 is 9.59 Å². The van der Waals surface area contributed by atoms with Crippen LogP contribution in [0.3, 0.4) is 0 Å². The first-order valence-corrected chi connectivity index (χ1v) is 8.45. The van der Waals surface area contributed by atoms with E-state index in [9.17, 15) is 9.59 Å². The number of likely N-dealkylation sites (tertiary alicyclic amines) is 1. The molecule has 0 unspecified atom stereocenters. The first kappa shape index (κ1) is 15.1. The minimum absolute atomic E-state index is 0.0435. The molecule has 0 aromatic heterocycles. The molecule has 2 fully saturated rings. The molecule has 1 saturated carbocycles. The molecular formula is C18H24N2O2. The molecule has 4 heteroatoms. The molecule has 4 nitrogen and oxygen atoms in total. The van der Waals surface area contributed by atoms with Gasteiger partial charge in [-0.1, -0.05) is 25.0 Å². The van der Waals surface area contributed by atoms with Gasteiger partial charge in [-0.25, -0.2) is 0 Å². The maximum absolute atomic E-state index is 12.7. The minimum atomic E-state index is 0.0435. The Kier molecular flexibility index (Phi) is 4.76. The zero-order valence-electron chi connectivity index (χ0n) is 13.0. The average molecular weight is 300 g/mol. The van der Waals surface area contributed by atoms with Gasteiger partial charge in [0.05, 0.1) is 11.3 Å². The second-order valence-electron chi connectivity index (χ2n) is 6.37. The number of carbonyl (C=O) groups is 2. The van der Waals surface area contributed by atoms with Gasteiger partial charge >= 0.3 is 0 Å². The van der Waals surface area contributed by atoms with Crippen molar-refractivity contribution in [3.8, 4) is 0 Å². The largest absolute Gasteiger partial charge is 0.339 e. The predicted molar refractivity (Wildman–Crippen MR) is 86.8 cm³/mol. The Bertz CT molecular complexity index is 544. The fourth-order valence-electron chi connectivity index (χ4n) is 3.47. The standard InChI is InChI=1S/C18H24N2O2/c21-17(14-8-2-3-9-14)19-16-11-5-4-10-15(16)18(22)20-12-6-1-7-13-20/h4-5,10-11,14H,1-3,6-9,12-13H2,(H,19,21). The number of nitrogens with one attached hydrogen (secondary N) is 1. The molecule has 1 saturated heterocycles. The molecule has 0 bridgehead atoms. The highest BCUT2D eigenvalue weighted by molar-refractivity contribution is 6.04. The third-order valence-corrected chi connectivity index (χ3v) is 4.78. The van der Waals surface area contributed by atoms with Crippen LogP contribution in [0.5, 0.6) is 0 Å². The van der Waals surface area contributed by atoms with Crippen molar-refractivity contribution in [3.05, 3.63) is 29.8 Å². The van der Waals surface area contributed by atoms with Crippen LogP contribution in [-0.4, -0.2) is 29.8 Å². The number of benzene rings is 1. The van der Waals surface area contributed by atoms with Crippen molar-refractivity contribution in [1.29, 1.82) is 0 Å². The molecule has 2 amide bonds. The Labute approximate surface area is 131 Å². The van der Waals surface area contributed by atoms with E-state index < -0.39 is 0 Å². The molecule has 3 rings (SSSR count). The predicted octanol–water partition coefficient (Wildman–Crippen LogP) is 3.44. The molecule has 0 radical (unpaired) electrons. The summed E-state index contributed by atoms with van der Waals surface area (Å²) in [6.07, 6.45) is 7.54. The van der Waals surface area contributed by atoms with E-state index in [0.717, 1.165) is 51.6 Å². The summed E-state index contributed by atoms with van der Waals surface area (Å²) in [4.78, 5) is 26.9. The zero-order valence-corrected chi connectivity index (χ0v) is 13.0. The molecule has 0 atom stereocenters. The maximum Gasteiger partial charge on any atom is 0.255 e. The van der Waals surface area contributed by atoms with Crippen LogP contribution in [0.15, 0.2) is 24.3 Å². The van der Waals surface area contributed by atoms with Crippen molar-refractivity contribution in [3.63, 3.8) is 0 Å². The molecule has 22 heavy (non-hydrogen) atoms. The summed E-state index contributed by atoms with van der Waals surface area (Å²) >= 11 is 0. The molecule has 0 spiro atoms. The number of piperidine rings is 1. The Hall–Kier alpha value is -1.84. The van der Waals surface area contributed by atoms with Gasteiger partial charge in [0.15, 0.2) is 0 Å². The molecule has 1 aromatic rings. The highest BCUT2D eigenvalue weighted by Crippen LogP contribution is 2.27. The molecule has 1 N–H and O–H groups in total. The summed E-state index contributed by atoms with van der Waals surface area (Å²) in [5.41, 5.74) is 1.28. The summed E-state index contributed by atoms with van der Waals surface area (Å²) in [7, 11) is 0. The Morgan fingerprint density at radius 3 is 2.36 bits per heavy atom. The van der Waals surface area contributed by atoms with Gasteiger partial charge in [0.2, 0.25) is 5.91 Å². The Morgan fingerprint density at radius 2 is 1.64 bits per heavy atom. The molecule has 1 aromatic carbocycles. The number of carbonyl (C=O) groups excluding carboxylic acids is 2. The second-order valence-corrected chi connectivity index (χ2v) is 6.37. The zero-order chi connectivity index (χ0) is 15.4. The third kappa shape index (κ3) is 3.32. The number of hydrogen-bond acceptors (Lipinski definition) is 2. The van der Waals surface area contributed by atoms with Crippen LogP contribution in [0, 0.1) is 5.92 Å². The molecule has 1 heterocycles. The van der Waals surface area contributed by atoms with Crippen LogP contribution in [0.25, 0.3) is 0 Å². The van der Waals surface area contributed by atoms with Crippen LogP contribution in [0.2, 0.25) is 0 Å². The lowest BCUT2D eigenvalue weighted by Crippen LogP contribution is -2.36. The van der Waals surface area contributed by atoms with Crippen LogP contribution < -0.4 is 5.32 Å². The quantitative estimate of drug-likeness (QED) is 0.929. The van der Waals surface area contributed by atoms with E-state index in [2.05, 4.69) is 5.32 Å². The van der Waals surface area contributed by atoms with Gasteiger partial charge in [-0.05, 0) is 44.2 Å². The lowest BCUT2D eigenvalue weighted by atomic mass is 10.1. The first-order valence-electron chi connectivity index (χ1n) is 8.45. The van der Waals surface area contributed by atoms with Crippen molar-refractivity contribution in [2.24, 2.45) is 5.92 Å².